The average Bonchev–Trinajstić information content (AvgIpc) is 3.02. The SMILES string of the molecule is Cc1ccnc(Nc2ncnc(NCC3CCCO3)c2N)c1. The van der Waals surface area contributed by atoms with Gasteiger partial charge in [0.25, 0.3) is 0 Å². The van der Waals surface area contributed by atoms with Gasteiger partial charge in [-0.3, -0.25) is 0 Å². The molecule has 1 aliphatic heterocycles. The van der Waals surface area contributed by atoms with Crippen molar-refractivity contribution in [3.63, 3.8) is 0 Å². The Bertz CT molecular complexity index is 642. The monoisotopic (exact) mass is 300 g/mol. The van der Waals surface area contributed by atoms with E-state index in [4.69, 9.17) is 10.5 Å². The number of hydrogen-bond acceptors (Lipinski definition) is 7. The second-order valence-electron chi connectivity index (χ2n) is 5.34. The molecule has 0 radical (unpaired) electrons. The van der Waals surface area contributed by atoms with Gasteiger partial charge in [0.05, 0.1) is 6.10 Å². The highest BCUT2D eigenvalue weighted by molar-refractivity contribution is 5.76. The second kappa shape index (κ2) is 6.57. The van der Waals surface area contributed by atoms with Crippen LogP contribution in [0.15, 0.2) is 24.7 Å². The zero-order valence-corrected chi connectivity index (χ0v) is 12.5. The van der Waals surface area contributed by atoms with Crippen molar-refractivity contribution in [1.29, 1.82) is 0 Å². The van der Waals surface area contributed by atoms with Crippen LogP contribution in [0.2, 0.25) is 0 Å². The molecule has 2 aromatic heterocycles. The highest BCUT2D eigenvalue weighted by Crippen LogP contribution is 2.25. The van der Waals surface area contributed by atoms with Gasteiger partial charge in [-0.2, -0.15) is 0 Å². The molecule has 1 aliphatic rings. The number of hydrogen-bond donors (Lipinski definition) is 3. The molecule has 22 heavy (non-hydrogen) atoms. The molecule has 4 N–H and O–H groups in total. The number of anilines is 4. The number of ether oxygens (including phenoxy) is 1. The lowest BCUT2D eigenvalue weighted by Crippen LogP contribution is -2.20. The van der Waals surface area contributed by atoms with Gasteiger partial charge in [0, 0.05) is 19.3 Å². The van der Waals surface area contributed by atoms with Gasteiger partial charge in [0.1, 0.15) is 17.8 Å². The number of nitrogen functional groups attached to an aromatic ring is 1. The maximum atomic E-state index is 6.14. The van der Waals surface area contributed by atoms with Crippen molar-refractivity contribution in [2.45, 2.75) is 25.9 Å². The summed E-state index contributed by atoms with van der Waals surface area (Å²) in [6.07, 6.45) is 5.62. The first-order valence-electron chi connectivity index (χ1n) is 7.38. The summed E-state index contributed by atoms with van der Waals surface area (Å²) < 4.78 is 5.58. The number of pyridine rings is 1. The molecule has 0 spiro atoms. The van der Waals surface area contributed by atoms with Crippen molar-refractivity contribution >= 4 is 23.1 Å². The molecular formula is C15H20N6O. The maximum absolute atomic E-state index is 6.14. The van der Waals surface area contributed by atoms with Crippen molar-refractivity contribution in [3.05, 3.63) is 30.2 Å². The van der Waals surface area contributed by atoms with E-state index in [1.807, 2.05) is 19.1 Å². The van der Waals surface area contributed by atoms with E-state index in [1.54, 1.807) is 6.20 Å². The fraction of sp³-hybridized carbons (Fsp3) is 0.400. The Kier molecular flexibility index (Phi) is 4.34. The van der Waals surface area contributed by atoms with Crippen LogP contribution < -0.4 is 16.4 Å². The Hall–Kier alpha value is -2.41. The summed E-state index contributed by atoms with van der Waals surface area (Å²) in [5, 5.41) is 6.35. The molecule has 116 valence electrons. The molecule has 3 heterocycles. The van der Waals surface area contributed by atoms with Gasteiger partial charge < -0.3 is 21.1 Å². The van der Waals surface area contributed by atoms with Crippen LogP contribution in [-0.4, -0.2) is 34.2 Å². The fourth-order valence-corrected chi connectivity index (χ4v) is 2.38. The average molecular weight is 300 g/mol. The van der Waals surface area contributed by atoms with Gasteiger partial charge in [0.2, 0.25) is 0 Å². The summed E-state index contributed by atoms with van der Waals surface area (Å²) in [5.74, 6) is 1.86. The summed E-state index contributed by atoms with van der Waals surface area (Å²) in [7, 11) is 0. The van der Waals surface area contributed by atoms with E-state index in [1.165, 1.54) is 6.33 Å². The van der Waals surface area contributed by atoms with Gasteiger partial charge in [-0.25, -0.2) is 15.0 Å². The number of nitrogens with one attached hydrogen (secondary N) is 2. The number of nitrogens with zero attached hydrogens (tertiary/aromatic N) is 3. The minimum Gasteiger partial charge on any atom is -0.393 e. The van der Waals surface area contributed by atoms with Gasteiger partial charge in [0.15, 0.2) is 11.6 Å². The van der Waals surface area contributed by atoms with E-state index in [0.29, 0.717) is 29.7 Å². The van der Waals surface area contributed by atoms with Crippen molar-refractivity contribution in [1.82, 2.24) is 15.0 Å². The van der Waals surface area contributed by atoms with E-state index in [2.05, 4.69) is 25.6 Å². The molecule has 1 fully saturated rings. The highest BCUT2D eigenvalue weighted by Gasteiger charge is 2.16. The Morgan fingerprint density at radius 3 is 2.95 bits per heavy atom. The molecule has 7 nitrogen and oxygen atoms in total. The van der Waals surface area contributed by atoms with Gasteiger partial charge in [-0.05, 0) is 37.5 Å². The molecule has 1 saturated heterocycles. The zero-order chi connectivity index (χ0) is 15.4. The van der Waals surface area contributed by atoms with Crippen LogP contribution in [0.25, 0.3) is 0 Å². The number of nitrogens with two attached hydrogens (primary N) is 1. The minimum atomic E-state index is 0.226. The molecule has 1 atom stereocenters. The molecule has 0 saturated carbocycles. The van der Waals surface area contributed by atoms with Crippen LogP contribution in [0.1, 0.15) is 18.4 Å². The molecular weight excluding hydrogens is 280 g/mol. The van der Waals surface area contributed by atoms with Crippen molar-refractivity contribution < 1.29 is 4.74 Å². The predicted octanol–water partition coefficient (Wildman–Crippen LogP) is 2.10. The quantitative estimate of drug-likeness (QED) is 0.777. The smallest absolute Gasteiger partial charge is 0.160 e. The van der Waals surface area contributed by atoms with Crippen LogP contribution in [0.3, 0.4) is 0 Å². The first-order valence-corrected chi connectivity index (χ1v) is 7.38. The lowest BCUT2D eigenvalue weighted by Gasteiger charge is -2.14. The van der Waals surface area contributed by atoms with Crippen molar-refractivity contribution in [2.24, 2.45) is 0 Å². The molecule has 1 unspecified atom stereocenters. The third-order valence-corrected chi connectivity index (χ3v) is 3.57. The van der Waals surface area contributed by atoms with E-state index in [-0.39, 0.29) is 6.10 Å². The van der Waals surface area contributed by atoms with Crippen LogP contribution in [0, 0.1) is 6.92 Å². The third kappa shape index (κ3) is 3.43. The Morgan fingerprint density at radius 2 is 2.18 bits per heavy atom. The predicted molar refractivity (Wildman–Crippen MR) is 86.2 cm³/mol. The molecule has 7 heteroatoms. The Balaban J connectivity index is 1.70. The van der Waals surface area contributed by atoms with Crippen LogP contribution in [0.5, 0.6) is 0 Å². The van der Waals surface area contributed by atoms with Crippen molar-refractivity contribution in [2.75, 3.05) is 29.5 Å². The van der Waals surface area contributed by atoms with Crippen molar-refractivity contribution in [3.8, 4) is 0 Å². The second-order valence-corrected chi connectivity index (χ2v) is 5.34. The topological polar surface area (TPSA) is 98.0 Å². The standard InChI is InChI=1S/C15H20N6O/c1-10-4-5-17-12(7-10)21-15-13(16)14(19-9-20-15)18-8-11-3-2-6-22-11/h4-5,7,9,11H,2-3,6,8,16H2,1H3,(H2,17,18,19,20,21). The van der Waals surface area contributed by atoms with Crippen LogP contribution >= 0.6 is 0 Å². The Labute approximate surface area is 129 Å². The van der Waals surface area contributed by atoms with Gasteiger partial charge in [-0.1, -0.05) is 0 Å². The number of rotatable bonds is 5. The molecule has 0 bridgehead atoms. The first kappa shape index (κ1) is 14.5. The first-order chi connectivity index (χ1) is 10.7. The lowest BCUT2D eigenvalue weighted by atomic mass is 10.2. The molecule has 0 aromatic carbocycles. The van der Waals surface area contributed by atoms with Gasteiger partial charge >= 0.3 is 0 Å². The van der Waals surface area contributed by atoms with Gasteiger partial charge in [-0.15, -0.1) is 0 Å². The van der Waals surface area contributed by atoms with E-state index in [9.17, 15) is 0 Å². The summed E-state index contributed by atoms with van der Waals surface area (Å²) in [4.78, 5) is 12.6. The van der Waals surface area contributed by atoms with E-state index >= 15 is 0 Å². The summed E-state index contributed by atoms with van der Waals surface area (Å²) >= 11 is 0. The van der Waals surface area contributed by atoms with E-state index < -0.39 is 0 Å². The molecule has 0 amide bonds. The lowest BCUT2D eigenvalue weighted by molar-refractivity contribution is 0.120. The summed E-state index contributed by atoms with van der Waals surface area (Å²) in [5.41, 5.74) is 7.72. The summed E-state index contributed by atoms with van der Waals surface area (Å²) in [6, 6.07) is 3.87. The largest absolute Gasteiger partial charge is 0.393 e. The minimum absolute atomic E-state index is 0.226. The third-order valence-electron chi connectivity index (χ3n) is 3.57. The molecule has 2 aromatic rings. The number of aromatic nitrogens is 3. The fourth-order valence-electron chi connectivity index (χ4n) is 2.38. The maximum Gasteiger partial charge on any atom is 0.160 e. The van der Waals surface area contributed by atoms with Crippen LogP contribution in [0.4, 0.5) is 23.1 Å². The normalized spacial score (nSPS) is 17.4. The number of aryl methyl sites for hydroxylation is 1. The van der Waals surface area contributed by atoms with E-state index in [0.717, 1.165) is 25.0 Å². The van der Waals surface area contributed by atoms with Crippen LogP contribution in [-0.2, 0) is 4.74 Å². The highest BCUT2D eigenvalue weighted by atomic mass is 16.5. The summed E-state index contributed by atoms with van der Waals surface area (Å²) in [6.45, 7) is 3.53. The zero-order valence-electron chi connectivity index (χ0n) is 12.5. The molecule has 3 rings (SSSR count). The Morgan fingerprint density at radius 1 is 1.32 bits per heavy atom. The molecule has 0 aliphatic carbocycles.